The molecule has 1 heterocycles. The molecule has 0 aromatic heterocycles. The third-order valence-corrected chi connectivity index (χ3v) is 3.57. The predicted molar refractivity (Wildman–Crippen MR) is 75.7 cm³/mol. The van der Waals surface area contributed by atoms with E-state index < -0.39 is 17.8 Å². The van der Waals surface area contributed by atoms with Crippen LogP contribution in [0.3, 0.4) is 0 Å². The molecule has 0 radical (unpaired) electrons. The van der Waals surface area contributed by atoms with Crippen molar-refractivity contribution in [3.63, 3.8) is 0 Å². The molecular formula is C14H18BrNO3. The maximum atomic E-state index is 12.0. The monoisotopic (exact) mass is 327 g/mol. The van der Waals surface area contributed by atoms with Crippen LogP contribution in [0.4, 0.5) is 4.79 Å². The fourth-order valence-electron chi connectivity index (χ4n) is 2.13. The number of hydrogen-bond donors (Lipinski definition) is 1. The Kier molecular flexibility index (Phi) is 3.87. The summed E-state index contributed by atoms with van der Waals surface area (Å²) in [6.45, 7) is 6.20. The molecule has 19 heavy (non-hydrogen) atoms. The van der Waals surface area contributed by atoms with Gasteiger partial charge in [0, 0.05) is 16.6 Å². The molecule has 2 rings (SSSR count). The molecule has 1 aliphatic rings. The largest absolute Gasteiger partial charge is 0.444 e. The second kappa shape index (κ2) is 5.13. The normalized spacial score (nSPS) is 19.0. The highest BCUT2D eigenvalue weighted by molar-refractivity contribution is 9.10. The Bertz CT molecular complexity index is 496. The van der Waals surface area contributed by atoms with Gasteiger partial charge in [0.25, 0.3) is 0 Å². The molecule has 4 nitrogen and oxygen atoms in total. The number of carbonyl (C=O) groups is 1. The zero-order valence-corrected chi connectivity index (χ0v) is 12.9. The molecule has 0 bridgehead atoms. The summed E-state index contributed by atoms with van der Waals surface area (Å²) >= 11 is 3.43. The Morgan fingerprint density at radius 1 is 1.47 bits per heavy atom. The van der Waals surface area contributed by atoms with Crippen LogP contribution in [-0.4, -0.2) is 28.2 Å². The first-order valence-corrected chi connectivity index (χ1v) is 7.00. The number of fused-ring (bicyclic) bond motifs is 1. The molecular weight excluding hydrogens is 310 g/mol. The third kappa shape index (κ3) is 3.28. The molecule has 0 saturated heterocycles. The SMILES string of the molecule is CC(C)(C)OC(=O)N1Cc2cccc(Br)c2C(O)C1. The standard InChI is InChI=1S/C14H18BrNO3/c1-14(2,3)19-13(18)16-7-9-5-4-6-10(15)12(9)11(17)8-16/h4-6,11,17H,7-8H2,1-3H3. The van der Waals surface area contributed by atoms with Gasteiger partial charge in [-0.25, -0.2) is 4.79 Å². The van der Waals surface area contributed by atoms with Gasteiger partial charge in [0.2, 0.25) is 0 Å². The van der Waals surface area contributed by atoms with E-state index in [1.165, 1.54) is 4.90 Å². The fraction of sp³-hybridized carbons (Fsp3) is 0.500. The number of carbonyl (C=O) groups excluding carboxylic acids is 1. The second-order valence-electron chi connectivity index (χ2n) is 5.69. The fourth-order valence-corrected chi connectivity index (χ4v) is 2.80. The van der Waals surface area contributed by atoms with E-state index in [4.69, 9.17) is 4.74 Å². The van der Waals surface area contributed by atoms with Crippen LogP contribution in [0.1, 0.15) is 38.0 Å². The summed E-state index contributed by atoms with van der Waals surface area (Å²) in [5, 5.41) is 10.2. The van der Waals surface area contributed by atoms with Crippen LogP contribution in [0.15, 0.2) is 22.7 Å². The van der Waals surface area contributed by atoms with Crippen LogP contribution in [0, 0.1) is 0 Å². The maximum Gasteiger partial charge on any atom is 0.410 e. The van der Waals surface area contributed by atoms with Crippen molar-refractivity contribution in [2.75, 3.05) is 6.54 Å². The molecule has 0 fully saturated rings. The number of aliphatic hydroxyl groups excluding tert-OH is 1. The Balaban J connectivity index is 2.20. The third-order valence-electron chi connectivity index (χ3n) is 2.88. The molecule has 1 aliphatic heterocycles. The molecule has 1 aromatic carbocycles. The lowest BCUT2D eigenvalue weighted by molar-refractivity contribution is 0.00816. The molecule has 1 atom stereocenters. The summed E-state index contributed by atoms with van der Waals surface area (Å²) in [7, 11) is 0. The van der Waals surface area contributed by atoms with Crippen molar-refractivity contribution >= 4 is 22.0 Å². The van der Waals surface area contributed by atoms with E-state index in [-0.39, 0.29) is 6.54 Å². The Morgan fingerprint density at radius 3 is 2.79 bits per heavy atom. The predicted octanol–water partition coefficient (Wildman–Crippen LogP) is 3.23. The number of aliphatic hydroxyl groups is 1. The summed E-state index contributed by atoms with van der Waals surface area (Å²) < 4.78 is 6.21. The zero-order valence-electron chi connectivity index (χ0n) is 11.3. The van der Waals surface area contributed by atoms with Gasteiger partial charge in [-0.3, -0.25) is 0 Å². The number of hydrogen-bond acceptors (Lipinski definition) is 3. The zero-order chi connectivity index (χ0) is 14.2. The molecule has 1 amide bonds. The van der Waals surface area contributed by atoms with Gasteiger partial charge in [0.05, 0.1) is 12.6 Å². The number of benzene rings is 1. The van der Waals surface area contributed by atoms with E-state index in [0.717, 1.165) is 15.6 Å². The van der Waals surface area contributed by atoms with Gasteiger partial charge < -0.3 is 14.7 Å². The number of amides is 1. The van der Waals surface area contributed by atoms with Gasteiger partial charge in [-0.05, 0) is 32.4 Å². The second-order valence-corrected chi connectivity index (χ2v) is 6.54. The number of halogens is 1. The first-order valence-electron chi connectivity index (χ1n) is 6.21. The highest BCUT2D eigenvalue weighted by Crippen LogP contribution is 2.33. The number of rotatable bonds is 0. The van der Waals surface area contributed by atoms with Gasteiger partial charge in [-0.1, -0.05) is 28.1 Å². The van der Waals surface area contributed by atoms with Crippen molar-refractivity contribution in [1.82, 2.24) is 4.90 Å². The van der Waals surface area contributed by atoms with E-state index in [2.05, 4.69) is 15.9 Å². The number of nitrogens with zero attached hydrogens (tertiary/aromatic N) is 1. The smallest absolute Gasteiger partial charge is 0.410 e. The Hall–Kier alpha value is -1.07. The van der Waals surface area contributed by atoms with Crippen LogP contribution >= 0.6 is 15.9 Å². The molecule has 0 saturated carbocycles. The van der Waals surface area contributed by atoms with Gasteiger partial charge in [0.15, 0.2) is 0 Å². The quantitative estimate of drug-likeness (QED) is 0.795. The van der Waals surface area contributed by atoms with Crippen LogP contribution < -0.4 is 0 Å². The molecule has 0 spiro atoms. The number of ether oxygens (including phenoxy) is 1. The summed E-state index contributed by atoms with van der Waals surface area (Å²) in [5.74, 6) is 0. The van der Waals surface area contributed by atoms with Gasteiger partial charge in [-0.15, -0.1) is 0 Å². The van der Waals surface area contributed by atoms with Gasteiger partial charge in [0.1, 0.15) is 5.60 Å². The lowest BCUT2D eigenvalue weighted by atomic mass is 9.98. The van der Waals surface area contributed by atoms with Crippen molar-refractivity contribution in [2.24, 2.45) is 0 Å². The average Bonchev–Trinajstić information content (AvgIpc) is 2.26. The Labute approximate surface area is 121 Å². The summed E-state index contributed by atoms with van der Waals surface area (Å²) in [5.41, 5.74) is 1.28. The highest BCUT2D eigenvalue weighted by atomic mass is 79.9. The molecule has 1 unspecified atom stereocenters. The maximum absolute atomic E-state index is 12.0. The van der Waals surface area contributed by atoms with Crippen molar-refractivity contribution in [3.05, 3.63) is 33.8 Å². The van der Waals surface area contributed by atoms with Crippen LogP contribution in [-0.2, 0) is 11.3 Å². The summed E-state index contributed by atoms with van der Waals surface area (Å²) in [6.07, 6.45) is -1.08. The average molecular weight is 328 g/mol. The van der Waals surface area contributed by atoms with E-state index in [1.807, 2.05) is 39.0 Å². The van der Waals surface area contributed by atoms with E-state index >= 15 is 0 Å². The van der Waals surface area contributed by atoms with Crippen molar-refractivity contribution in [3.8, 4) is 0 Å². The molecule has 0 aliphatic carbocycles. The summed E-state index contributed by atoms with van der Waals surface area (Å²) in [6, 6.07) is 5.71. The van der Waals surface area contributed by atoms with Crippen LogP contribution in [0.25, 0.3) is 0 Å². The molecule has 1 N–H and O–H groups in total. The minimum absolute atomic E-state index is 0.254. The van der Waals surface area contributed by atoms with Crippen molar-refractivity contribution < 1.29 is 14.6 Å². The van der Waals surface area contributed by atoms with Crippen molar-refractivity contribution in [1.29, 1.82) is 0 Å². The van der Waals surface area contributed by atoms with Gasteiger partial charge >= 0.3 is 6.09 Å². The topological polar surface area (TPSA) is 49.8 Å². The number of β-amino-alcohol motifs (C(OH)–C–C–N with tert-alkyl or cyclic N) is 1. The molecule has 1 aromatic rings. The summed E-state index contributed by atoms with van der Waals surface area (Å²) in [4.78, 5) is 13.6. The van der Waals surface area contributed by atoms with E-state index in [0.29, 0.717) is 6.54 Å². The highest BCUT2D eigenvalue weighted by Gasteiger charge is 2.30. The molecule has 5 heteroatoms. The first kappa shape index (κ1) is 14.3. The lowest BCUT2D eigenvalue weighted by Crippen LogP contribution is -2.41. The first-order chi connectivity index (χ1) is 8.78. The van der Waals surface area contributed by atoms with Crippen molar-refractivity contribution in [2.45, 2.75) is 39.0 Å². The van der Waals surface area contributed by atoms with E-state index in [9.17, 15) is 9.90 Å². The van der Waals surface area contributed by atoms with Gasteiger partial charge in [-0.2, -0.15) is 0 Å². The minimum Gasteiger partial charge on any atom is -0.444 e. The Morgan fingerprint density at radius 2 is 2.16 bits per heavy atom. The lowest BCUT2D eigenvalue weighted by Gasteiger charge is -2.34. The van der Waals surface area contributed by atoms with Crippen LogP contribution in [0.2, 0.25) is 0 Å². The minimum atomic E-state index is -0.688. The molecule has 104 valence electrons. The van der Waals surface area contributed by atoms with Crippen LogP contribution in [0.5, 0.6) is 0 Å². The van der Waals surface area contributed by atoms with E-state index in [1.54, 1.807) is 0 Å².